The van der Waals surface area contributed by atoms with Crippen molar-refractivity contribution in [2.24, 2.45) is 3.77 Å². The number of rotatable bonds is 3. The number of pyridine rings is 1. The summed E-state index contributed by atoms with van der Waals surface area (Å²) in [6, 6.07) is 8.16. The van der Waals surface area contributed by atoms with Gasteiger partial charge in [-0.15, -0.1) is 3.77 Å². The number of halogens is 3. The minimum absolute atomic E-state index is 0.0364. The predicted octanol–water partition coefficient (Wildman–Crippen LogP) is 3.59. The Morgan fingerprint density at radius 2 is 1.70 bits per heavy atom. The van der Waals surface area contributed by atoms with Crippen LogP contribution in [0.1, 0.15) is 11.1 Å². The lowest BCUT2D eigenvalue weighted by atomic mass is 10.2. The van der Waals surface area contributed by atoms with Crippen molar-refractivity contribution in [1.82, 2.24) is 4.98 Å². The van der Waals surface area contributed by atoms with Crippen LogP contribution in [0.5, 0.6) is 0 Å². The molecule has 0 aliphatic heterocycles. The second-order valence-electron chi connectivity index (χ2n) is 4.72. The molecule has 0 saturated carbocycles. The van der Waals surface area contributed by atoms with Crippen LogP contribution in [-0.4, -0.2) is 19.7 Å². The van der Waals surface area contributed by atoms with Crippen molar-refractivity contribution >= 4 is 20.7 Å². The zero-order valence-corrected chi connectivity index (χ0v) is 13.8. The van der Waals surface area contributed by atoms with Crippen molar-refractivity contribution < 1.29 is 21.6 Å². The Bertz CT molecular complexity index is 828. The Hall–Kier alpha value is -1.74. The van der Waals surface area contributed by atoms with Crippen LogP contribution in [0.4, 0.5) is 13.2 Å². The maximum absolute atomic E-state index is 12.5. The van der Waals surface area contributed by atoms with Crippen molar-refractivity contribution in [1.29, 1.82) is 0 Å². The molecule has 0 spiro atoms. The summed E-state index contributed by atoms with van der Waals surface area (Å²) in [7, 11) is -5.07. The molecule has 0 aliphatic carbocycles. The Kier molecular flexibility index (Phi) is 4.90. The van der Waals surface area contributed by atoms with Gasteiger partial charge in [0, 0.05) is 6.20 Å². The SMILES string of the molecule is Cc1ccc(S(=O)(=O)N=[S@@](C)c2ccc(C(F)(F)F)cn2)cc1. The van der Waals surface area contributed by atoms with Crippen molar-refractivity contribution in [2.45, 2.75) is 23.0 Å². The van der Waals surface area contributed by atoms with Gasteiger partial charge in [-0.25, -0.2) is 4.98 Å². The highest BCUT2D eigenvalue weighted by Gasteiger charge is 2.30. The standard InChI is InChI=1S/C14H13F3N2O2S2/c1-10-3-6-12(7-4-10)23(20,21)19-22(2)13-8-5-11(9-18-13)14(15,16)17/h3-9H,1-2H3/t22-/m0/s1. The molecule has 0 bridgehead atoms. The van der Waals surface area contributed by atoms with Gasteiger partial charge in [0.15, 0.2) is 0 Å². The van der Waals surface area contributed by atoms with Gasteiger partial charge in [0.1, 0.15) is 5.03 Å². The van der Waals surface area contributed by atoms with E-state index in [4.69, 9.17) is 0 Å². The van der Waals surface area contributed by atoms with Crippen LogP contribution in [0.25, 0.3) is 0 Å². The maximum atomic E-state index is 12.5. The molecular formula is C14H13F3N2O2S2. The van der Waals surface area contributed by atoms with Gasteiger partial charge in [0.2, 0.25) is 0 Å². The number of aromatic nitrogens is 1. The first-order valence-corrected chi connectivity index (χ1v) is 9.36. The van der Waals surface area contributed by atoms with Crippen LogP contribution in [0.3, 0.4) is 0 Å². The average Bonchev–Trinajstić information content (AvgIpc) is 2.46. The molecule has 0 saturated heterocycles. The lowest BCUT2D eigenvalue weighted by molar-refractivity contribution is -0.137. The van der Waals surface area contributed by atoms with Crippen molar-refractivity contribution in [3.63, 3.8) is 0 Å². The Labute approximate surface area is 134 Å². The second kappa shape index (κ2) is 6.40. The van der Waals surface area contributed by atoms with Crippen LogP contribution in [0, 0.1) is 6.92 Å². The van der Waals surface area contributed by atoms with Gasteiger partial charge in [0.25, 0.3) is 10.0 Å². The largest absolute Gasteiger partial charge is 0.417 e. The third kappa shape index (κ3) is 4.38. The summed E-state index contributed by atoms with van der Waals surface area (Å²) in [6.07, 6.45) is -2.32. The topological polar surface area (TPSA) is 59.4 Å². The van der Waals surface area contributed by atoms with E-state index >= 15 is 0 Å². The highest BCUT2D eigenvalue weighted by molar-refractivity contribution is 7.99. The fourth-order valence-electron chi connectivity index (χ4n) is 1.66. The Morgan fingerprint density at radius 3 is 2.17 bits per heavy atom. The summed E-state index contributed by atoms with van der Waals surface area (Å²) < 4.78 is 65.6. The van der Waals surface area contributed by atoms with Crippen LogP contribution < -0.4 is 0 Å². The van der Waals surface area contributed by atoms with Gasteiger partial charge in [-0.2, -0.15) is 21.6 Å². The summed E-state index contributed by atoms with van der Waals surface area (Å²) in [6.45, 7) is 1.82. The first-order valence-electron chi connectivity index (χ1n) is 6.33. The molecule has 0 fully saturated rings. The molecule has 2 rings (SSSR count). The van der Waals surface area contributed by atoms with E-state index in [-0.39, 0.29) is 9.92 Å². The number of alkyl halides is 3. The molecule has 0 amide bonds. The van der Waals surface area contributed by atoms with Crippen LogP contribution in [-0.2, 0) is 26.9 Å². The van der Waals surface area contributed by atoms with Crippen molar-refractivity contribution in [3.05, 3.63) is 53.7 Å². The Morgan fingerprint density at radius 1 is 1.09 bits per heavy atom. The predicted molar refractivity (Wildman–Crippen MR) is 81.6 cm³/mol. The quantitative estimate of drug-likeness (QED) is 0.838. The molecular weight excluding hydrogens is 349 g/mol. The number of aryl methyl sites for hydroxylation is 1. The van der Waals surface area contributed by atoms with Crippen molar-refractivity contribution in [3.8, 4) is 0 Å². The van der Waals surface area contributed by atoms with E-state index < -0.39 is 32.5 Å². The number of hydrogen-bond donors (Lipinski definition) is 0. The molecule has 9 heteroatoms. The molecule has 1 aromatic carbocycles. The van der Waals surface area contributed by atoms with E-state index in [2.05, 4.69) is 8.75 Å². The Balaban J connectivity index is 2.33. The number of hydrogen-bond acceptors (Lipinski definition) is 3. The van der Waals surface area contributed by atoms with E-state index in [9.17, 15) is 21.6 Å². The fraction of sp³-hybridized carbons (Fsp3) is 0.214. The molecule has 2 aromatic rings. The van der Waals surface area contributed by atoms with Gasteiger partial charge in [0.05, 0.1) is 10.5 Å². The number of benzene rings is 1. The molecule has 1 heterocycles. The van der Waals surface area contributed by atoms with Gasteiger partial charge in [-0.3, -0.25) is 0 Å². The minimum atomic E-state index is -4.48. The monoisotopic (exact) mass is 362 g/mol. The summed E-state index contributed by atoms with van der Waals surface area (Å²) in [5.74, 6) is 0. The van der Waals surface area contributed by atoms with Crippen LogP contribution >= 0.6 is 0 Å². The first-order chi connectivity index (χ1) is 10.6. The van der Waals surface area contributed by atoms with Gasteiger partial charge in [-0.05, 0) is 48.1 Å². The average molecular weight is 362 g/mol. The maximum Gasteiger partial charge on any atom is 0.417 e. The van der Waals surface area contributed by atoms with E-state index in [1.807, 2.05) is 6.92 Å². The molecule has 0 aliphatic rings. The second-order valence-corrected chi connectivity index (χ2v) is 8.12. The van der Waals surface area contributed by atoms with Gasteiger partial charge in [-0.1, -0.05) is 17.7 Å². The fourth-order valence-corrected chi connectivity index (χ4v) is 4.44. The smallest absolute Gasteiger partial charge is 0.248 e. The molecule has 23 heavy (non-hydrogen) atoms. The van der Waals surface area contributed by atoms with E-state index in [1.54, 1.807) is 12.1 Å². The van der Waals surface area contributed by atoms with Gasteiger partial charge < -0.3 is 0 Å². The molecule has 124 valence electrons. The molecule has 0 unspecified atom stereocenters. The lowest BCUT2D eigenvalue weighted by Gasteiger charge is -2.07. The van der Waals surface area contributed by atoms with Crippen LogP contribution in [0.2, 0.25) is 0 Å². The number of nitrogens with zero attached hydrogens (tertiary/aromatic N) is 2. The highest BCUT2D eigenvalue weighted by Crippen LogP contribution is 2.28. The lowest BCUT2D eigenvalue weighted by Crippen LogP contribution is -2.06. The van der Waals surface area contributed by atoms with Crippen molar-refractivity contribution in [2.75, 3.05) is 6.26 Å². The third-order valence-corrected chi connectivity index (χ3v) is 6.29. The zero-order valence-electron chi connectivity index (χ0n) is 12.2. The minimum Gasteiger partial charge on any atom is -0.248 e. The molecule has 1 atom stereocenters. The molecule has 0 N–H and O–H groups in total. The summed E-state index contributed by atoms with van der Waals surface area (Å²) >= 11 is 0. The number of sulfonamides is 1. The molecule has 1 aromatic heterocycles. The van der Waals surface area contributed by atoms with E-state index in [1.165, 1.54) is 18.4 Å². The van der Waals surface area contributed by atoms with E-state index in [0.717, 1.165) is 17.7 Å². The van der Waals surface area contributed by atoms with Crippen LogP contribution in [0.15, 0.2) is 56.3 Å². The highest BCUT2D eigenvalue weighted by atomic mass is 32.3. The van der Waals surface area contributed by atoms with E-state index in [0.29, 0.717) is 6.20 Å². The normalized spacial score (nSPS) is 14.0. The zero-order chi connectivity index (χ0) is 17.3. The molecule has 4 nitrogen and oxygen atoms in total. The summed E-state index contributed by atoms with van der Waals surface area (Å²) in [4.78, 5) is 3.71. The first kappa shape index (κ1) is 17.6. The third-order valence-electron chi connectivity index (χ3n) is 2.90. The summed E-state index contributed by atoms with van der Waals surface area (Å²) in [5.41, 5.74) is 0.0171. The van der Waals surface area contributed by atoms with Gasteiger partial charge >= 0.3 is 6.18 Å². The summed E-state index contributed by atoms with van der Waals surface area (Å²) in [5, 5.41) is 0.175. The molecule has 0 radical (unpaired) electrons.